The predicted molar refractivity (Wildman–Crippen MR) is 70.8 cm³/mol. The van der Waals surface area contributed by atoms with Crippen molar-refractivity contribution in [1.29, 1.82) is 0 Å². The lowest BCUT2D eigenvalue weighted by molar-refractivity contribution is 0.248. The molecule has 0 bridgehead atoms. The van der Waals surface area contributed by atoms with Crippen LogP contribution in [-0.4, -0.2) is 35.1 Å². The van der Waals surface area contributed by atoms with Gasteiger partial charge in [0.25, 0.3) is 0 Å². The van der Waals surface area contributed by atoms with Crippen molar-refractivity contribution in [2.24, 2.45) is 17.8 Å². The van der Waals surface area contributed by atoms with Crippen LogP contribution < -0.4 is 6.15 Å². The highest BCUT2D eigenvalue weighted by molar-refractivity contribution is 4.33. The van der Waals surface area contributed by atoms with Gasteiger partial charge in [0.15, 0.2) is 0 Å². The highest BCUT2D eigenvalue weighted by Gasteiger charge is 1.82. The van der Waals surface area contributed by atoms with Gasteiger partial charge in [-0.1, -0.05) is 41.5 Å². The number of aliphatic hydroxyl groups excluding tert-OH is 3. The highest BCUT2D eigenvalue weighted by Crippen LogP contribution is 1.84. The zero-order valence-corrected chi connectivity index (χ0v) is 11.9. The van der Waals surface area contributed by atoms with Crippen LogP contribution in [0.2, 0.25) is 0 Å². The maximum Gasteiger partial charge on any atom is 0.0453 e. The molecular weight excluding hydrogens is 206 g/mol. The summed E-state index contributed by atoms with van der Waals surface area (Å²) < 4.78 is 0. The Morgan fingerprint density at radius 2 is 0.625 bits per heavy atom. The van der Waals surface area contributed by atoms with Gasteiger partial charge in [-0.3, -0.25) is 0 Å². The minimum atomic E-state index is 0. The predicted octanol–water partition coefficient (Wildman–Crippen LogP) is 2.07. The summed E-state index contributed by atoms with van der Waals surface area (Å²) in [6.07, 6.45) is 0. The molecule has 104 valence electrons. The molecule has 0 aromatic heterocycles. The van der Waals surface area contributed by atoms with Gasteiger partial charge in [0.05, 0.1) is 0 Å². The van der Waals surface area contributed by atoms with Gasteiger partial charge in [0.1, 0.15) is 0 Å². The van der Waals surface area contributed by atoms with Crippen molar-refractivity contribution in [2.45, 2.75) is 41.5 Å². The Balaban J connectivity index is -0.0000000655. The smallest absolute Gasteiger partial charge is 0.0453 e. The highest BCUT2D eigenvalue weighted by atomic mass is 16.3. The first kappa shape index (κ1) is 24.9. The first-order chi connectivity index (χ1) is 6.81. The fourth-order valence-corrected chi connectivity index (χ4v) is 0. The van der Waals surface area contributed by atoms with Gasteiger partial charge in [-0.05, 0) is 17.8 Å². The molecule has 0 aliphatic carbocycles. The van der Waals surface area contributed by atoms with Gasteiger partial charge >= 0.3 is 0 Å². The molecular formula is C12H33NO3. The van der Waals surface area contributed by atoms with Crippen LogP contribution in [0.1, 0.15) is 41.5 Å². The quantitative estimate of drug-likeness (QED) is 0.606. The Kier molecular flexibility index (Phi) is 31.5. The average Bonchev–Trinajstić information content (AvgIpc) is 2.19. The van der Waals surface area contributed by atoms with E-state index in [0.717, 1.165) is 0 Å². The van der Waals surface area contributed by atoms with Crippen LogP contribution >= 0.6 is 0 Å². The van der Waals surface area contributed by atoms with Gasteiger partial charge in [0, 0.05) is 19.8 Å². The summed E-state index contributed by atoms with van der Waals surface area (Å²) >= 11 is 0. The Hall–Kier alpha value is -0.160. The van der Waals surface area contributed by atoms with Crippen molar-refractivity contribution in [3.63, 3.8) is 0 Å². The van der Waals surface area contributed by atoms with E-state index < -0.39 is 0 Å². The summed E-state index contributed by atoms with van der Waals surface area (Å²) in [5, 5.41) is 24.4. The SMILES string of the molecule is CC(C)CO.CC(C)CO.CC(C)CO.N. The normalized spacial score (nSPS) is 9.00. The topological polar surface area (TPSA) is 95.7 Å². The molecule has 0 unspecified atom stereocenters. The van der Waals surface area contributed by atoms with E-state index in [1.165, 1.54) is 0 Å². The fraction of sp³-hybridized carbons (Fsp3) is 1.00. The van der Waals surface area contributed by atoms with E-state index in [0.29, 0.717) is 37.6 Å². The minimum absolute atomic E-state index is 0. The molecule has 0 aliphatic heterocycles. The summed E-state index contributed by atoms with van der Waals surface area (Å²) in [5.74, 6) is 1.32. The standard InChI is InChI=1S/3C4H10O.H3N/c3*1-4(2)3-5;/h3*4-5H,3H2,1-2H3;1H3. The lowest BCUT2D eigenvalue weighted by atomic mass is 10.2. The lowest BCUT2D eigenvalue weighted by Gasteiger charge is -1.90. The Morgan fingerprint density at radius 1 is 0.562 bits per heavy atom. The molecule has 0 amide bonds. The zero-order chi connectivity index (χ0) is 12.9. The molecule has 0 rings (SSSR count). The lowest BCUT2D eigenvalue weighted by Crippen LogP contribution is -1.90. The van der Waals surface area contributed by atoms with Crippen LogP contribution in [0.25, 0.3) is 0 Å². The molecule has 4 nitrogen and oxygen atoms in total. The summed E-state index contributed by atoms with van der Waals surface area (Å²) in [5.41, 5.74) is 0. The molecule has 16 heavy (non-hydrogen) atoms. The molecule has 0 atom stereocenters. The van der Waals surface area contributed by atoms with Crippen LogP contribution in [-0.2, 0) is 0 Å². The molecule has 0 spiro atoms. The number of hydrogen-bond donors (Lipinski definition) is 4. The Morgan fingerprint density at radius 3 is 0.625 bits per heavy atom. The molecule has 0 fully saturated rings. The van der Waals surface area contributed by atoms with E-state index in [-0.39, 0.29) is 6.15 Å². The van der Waals surface area contributed by atoms with E-state index in [1.807, 2.05) is 41.5 Å². The molecule has 0 saturated carbocycles. The minimum Gasteiger partial charge on any atom is -0.396 e. The third-order valence-electron chi connectivity index (χ3n) is 1.10. The summed E-state index contributed by atoms with van der Waals surface area (Å²) in [4.78, 5) is 0. The fourth-order valence-electron chi connectivity index (χ4n) is 0. The Labute approximate surface area is 101 Å². The van der Waals surface area contributed by atoms with Gasteiger partial charge in [-0.2, -0.15) is 0 Å². The van der Waals surface area contributed by atoms with Gasteiger partial charge in [0.2, 0.25) is 0 Å². The van der Waals surface area contributed by atoms with Crippen molar-refractivity contribution >= 4 is 0 Å². The molecule has 4 heteroatoms. The van der Waals surface area contributed by atoms with Crippen LogP contribution in [0.15, 0.2) is 0 Å². The molecule has 0 saturated heterocycles. The third kappa shape index (κ3) is 66.9. The van der Waals surface area contributed by atoms with Crippen molar-refractivity contribution < 1.29 is 15.3 Å². The van der Waals surface area contributed by atoms with E-state index >= 15 is 0 Å². The first-order valence-corrected chi connectivity index (χ1v) is 5.64. The number of rotatable bonds is 3. The maximum atomic E-state index is 8.14. The van der Waals surface area contributed by atoms with Crippen LogP contribution in [0.3, 0.4) is 0 Å². The molecule has 0 radical (unpaired) electrons. The molecule has 6 N–H and O–H groups in total. The monoisotopic (exact) mass is 239 g/mol. The third-order valence-corrected chi connectivity index (χ3v) is 1.10. The number of aliphatic hydroxyl groups is 3. The van der Waals surface area contributed by atoms with Crippen molar-refractivity contribution in [3.8, 4) is 0 Å². The molecule has 0 aromatic carbocycles. The second kappa shape index (κ2) is 20.3. The molecule has 0 heterocycles. The van der Waals surface area contributed by atoms with Crippen molar-refractivity contribution in [1.82, 2.24) is 6.15 Å². The van der Waals surface area contributed by atoms with E-state index in [1.54, 1.807) is 0 Å². The van der Waals surface area contributed by atoms with E-state index in [4.69, 9.17) is 15.3 Å². The van der Waals surface area contributed by atoms with Gasteiger partial charge in [-0.15, -0.1) is 0 Å². The van der Waals surface area contributed by atoms with E-state index in [2.05, 4.69) is 0 Å². The second-order valence-electron chi connectivity index (χ2n) is 4.73. The average molecular weight is 239 g/mol. The summed E-state index contributed by atoms with van der Waals surface area (Å²) in [6, 6.07) is 0. The molecule has 0 aromatic rings. The number of hydrogen-bond acceptors (Lipinski definition) is 4. The van der Waals surface area contributed by atoms with E-state index in [9.17, 15) is 0 Å². The van der Waals surface area contributed by atoms with Crippen LogP contribution in [0, 0.1) is 17.8 Å². The second-order valence-corrected chi connectivity index (χ2v) is 4.73. The zero-order valence-electron chi connectivity index (χ0n) is 11.9. The summed E-state index contributed by atoms with van der Waals surface area (Å²) in [6.45, 7) is 12.7. The largest absolute Gasteiger partial charge is 0.396 e. The maximum absolute atomic E-state index is 8.14. The van der Waals surface area contributed by atoms with Crippen LogP contribution in [0.5, 0.6) is 0 Å². The van der Waals surface area contributed by atoms with Crippen LogP contribution in [0.4, 0.5) is 0 Å². The van der Waals surface area contributed by atoms with Crippen molar-refractivity contribution in [2.75, 3.05) is 19.8 Å². The molecule has 0 aliphatic rings. The van der Waals surface area contributed by atoms with Gasteiger partial charge < -0.3 is 21.5 Å². The Bertz CT molecular complexity index is 77.2. The first-order valence-electron chi connectivity index (χ1n) is 5.64. The van der Waals surface area contributed by atoms with Gasteiger partial charge in [-0.25, -0.2) is 0 Å². The van der Waals surface area contributed by atoms with Crippen molar-refractivity contribution in [3.05, 3.63) is 0 Å². The summed E-state index contributed by atoms with van der Waals surface area (Å²) in [7, 11) is 0.